The summed E-state index contributed by atoms with van der Waals surface area (Å²) in [5.74, 6) is -1.76. The topological polar surface area (TPSA) is 196 Å². The Balaban J connectivity index is 1.71. The number of fused-ring (bicyclic) bond motifs is 1. The molecule has 184 valence electrons. The summed E-state index contributed by atoms with van der Waals surface area (Å²) >= 11 is 0. The Kier molecular flexibility index (Phi) is 6.53. The van der Waals surface area contributed by atoms with Crippen molar-refractivity contribution < 1.29 is 59.5 Å². The van der Waals surface area contributed by atoms with Crippen molar-refractivity contribution in [1.82, 2.24) is 0 Å². The molecule has 1 fully saturated rings. The minimum Gasteiger partial charge on any atom is -0.504 e. The second-order valence-corrected chi connectivity index (χ2v) is 7.91. The van der Waals surface area contributed by atoms with Crippen molar-refractivity contribution in [3.05, 3.63) is 41.5 Å². The molecule has 7 N–H and O–H groups in total. The van der Waals surface area contributed by atoms with Crippen LogP contribution in [0.25, 0.3) is 0 Å². The van der Waals surface area contributed by atoms with Crippen LogP contribution < -0.4 is 14.2 Å². The van der Waals surface area contributed by atoms with Gasteiger partial charge in [-0.3, -0.25) is 4.79 Å². The molecule has 2 aromatic rings. The number of carbonyl (C=O) groups is 1. The van der Waals surface area contributed by atoms with Crippen LogP contribution in [0.1, 0.15) is 22.0 Å². The molecule has 4 rings (SSSR count). The second kappa shape index (κ2) is 9.25. The van der Waals surface area contributed by atoms with E-state index in [1.165, 1.54) is 31.4 Å². The zero-order valence-corrected chi connectivity index (χ0v) is 17.8. The average Bonchev–Trinajstić information content (AvgIpc) is 2.83. The summed E-state index contributed by atoms with van der Waals surface area (Å²) in [6.45, 7) is -0.678. The summed E-state index contributed by atoms with van der Waals surface area (Å²) in [5, 5.41) is 69.6. The van der Waals surface area contributed by atoms with Crippen molar-refractivity contribution >= 4 is 5.78 Å². The highest BCUT2D eigenvalue weighted by atomic mass is 16.7. The summed E-state index contributed by atoms with van der Waals surface area (Å²) in [4.78, 5) is 13.1. The molecule has 0 radical (unpaired) electrons. The minimum absolute atomic E-state index is 0.0493. The minimum atomic E-state index is -1.74. The lowest BCUT2D eigenvalue weighted by molar-refractivity contribution is -0.277. The summed E-state index contributed by atoms with van der Waals surface area (Å²) in [5.41, 5.74) is 0.00512. The molecule has 0 aliphatic carbocycles. The number of aliphatic hydroxyl groups excluding tert-OH is 5. The molecular weight excluding hydrogens is 456 g/mol. The van der Waals surface area contributed by atoms with Crippen LogP contribution in [0.3, 0.4) is 0 Å². The molecule has 2 aromatic carbocycles. The Hall–Kier alpha value is -3.13. The van der Waals surface area contributed by atoms with Crippen LogP contribution in [0.4, 0.5) is 0 Å². The SMILES string of the molecule is COc1cc(O[C@@H]2O[C@@H](CO)[C@@H](O)[C@H](O)[C@H]2O)c2c(c1)O[C@H](c1ccc(O)c(O)c1)[C@@H](O)C2=O. The highest BCUT2D eigenvalue weighted by Gasteiger charge is 2.46. The van der Waals surface area contributed by atoms with Crippen LogP contribution in [0.5, 0.6) is 28.7 Å². The molecule has 2 aliphatic rings. The fraction of sp³-hybridized carbons (Fsp3) is 0.409. The number of aliphatic hydroxyl groups is 5. The molecule has 0 aromatic heterocycles. The van der Waals surface area contributed by atoms with E-state index in [2.05, 4.69) is 0 Å². The number of rotatable bonds is 5. The van der Waals surface area contributed by atoms with E-state index in [-0.39, 0.29) is 28.4 Å². The predicted molar refractivity (Wildman–Crippen MR) is 111 cm³/mol. The van der Waals surface area contributed by atoms with E-state index in [0.29, 0.717) is 0 Å². The first-order chi connectivity index (χ1) is 16.2. The van der Waals surface area contributed by atoms with Gasteiger partial charge in [0, 0.05) is 12.1 Å². The molecule has 34 heavy (non-hydrogen) atoms. The van der Waals surface area contributed by atoms with Gasteiger partial charge in [0.2, 0.25) is 12.1 Å². The molecule has 2 heterocycles. The highest BCUT2D eigenvalue weighted by Crippen LogP contribution is 2.44. The van der Waals surface area contributed by atoms with Crippen LogP contribution in [-0.4, -0.2) is 92.1 Å². The van der Waals surface area contributed by atoms with Gasteiger partial charge >= 0.3 is 0 Å². The largest absolute Gasteiger partial charge is 0.504 e. The molecule has 0 saturated carbocycles. The number of phenols is 2. The molecule has 1 saturated heterocycles. The third kappa shape index (κ3) is 4.11. The number of phenolic OH excluding ortho intramolecular Hbond substituents is 2. The van der Waals surface area contributed by atoms with Crippen LogP contribution >= 0.6 is 0 Å². The molecule has 12 heteroatoms. The normalized spacial score (nSPS) is 30.9. The van der Waals surface area contributed by atoms with Gasteiger partial charge in [-0.2, -0.15) is 0 Å². The fourth-order valence-corrected chi connectivity index (χ4v) is 3.86. The number of aromatic hydroxyl groups is 2. The van der Waals surface area contributed by atoms with Crippen LogP contribution in [0.2, 0.25) is 0 Å². The van der Waals surface area contributed by atoms with E-state index < -0.39 is 66.8 Å². The van der Waals surface area contributed by atoms with E-state index in [1.54, 1.807) is 0 Å². The van der Waals surface area contributed by atoms with E-state index in [4.69, 9.17) is 18.9 Å². The molecule has 0 amide bonds. The summed E-state index contributed by atoms with van der Waals surface area (Å²) in [7, 11) is 1.34. The number of methoxy groups -OCH3 is 1. The average molecular weight is 480 g/mol. The molecule has 2 aliphatic heterocycles. The second-order valence-electron chi connectivity index (χ2n) is 7.91. The van der Waals surface area contributed by atoms with E-state index in [0.717, 1.165) is 6.07 Å². The number of ether oxygens (including phenoxy) is 4. The van der Waals surface area contributed by atoms with Crippen molar-refractivity contribution in [2.75, 3.05) is 13.7 Å². The lowest BCUT2D eigenvalue weighted by Crippen LogP contribution is -2.60. The quantitative estimate of drug-likeness (QED) is 0.257. The summed E-state index contributed by atoms with van der Waals surface area (Å²) < 4.78 is 22.0. The van der Waals surface area contributed by atoms with E-state index >= 15 is 0 Å². The Morgan fingerprint density at radius 2 is 1.71 bits per heavy atom. The standard InChI is InChI=1S/C22H24O12/c1-31-9-5-12-15(13(6-9)33-22-20(30)18(28)16(26)14(7-23)34-22)17(27)19(29)21(32-12)8-2-3-10(24)11(25)4-8/h2-6,14,16,18-26,28-30H,7H2,1H3/t14-,16+,18-,19-,20+,21+,22+/m0/s1. The van der Waals surface area contributed by atoms with Gasteiger partial charge in [0.05, 0.1) is 13.7 Å². The molecule has 12 nitrogen and oxygen atoms in total. The molecule has 7 atom stereocenters. The number of benzene rings is 2. The number of ketones is 1. The summed E-state index contributed by atoms with van der Waals surface area (Å²) in [6, 6.07) is 6.34. The Morgan fingerprint density at radius 1 is 0.971 bits per heavy atom. The highest BCUT2D eigenvalue weighted by molar-refractivity contribution is 6.05. The van der Waals surface area contributed by atoms with Gasteiger partial charge < -0.3 is 54.7 Å². The molecular formula is C22H24O12. The van der Waals surface area contributed by atoms with Crippen molar-refractivity contribution in [3.8, 4) is 28.7 Å². The van der Waals surface area contributed by atoms with Crippen LogP contribution in [-0.2, 0) is 4.74 Å². The monoisotopic (exact) mass is 480 g/mol. The smallest absolute Gasteiger partial charge is 0.229 e. The Labute approximate surface area is 192 Å². The predicted octanol–water partition coefficient (Wildman–Crippen LogP) is -1.04. The maximum Gasteiger partial charge on any atom is 0.229 e. The number of hydrogen-bond acceptors (Lipinski definition) is 12. The van der Waals surface area contributed by atoms with Crippen molar-refractivity contribution in [2.45, 2.75) is 42.9 Å². The lowest BCUT2D eigenvalue weighted by Gasteiger charge is -2.40. The number of hydrogen-bond donors (Lipinski definition) is 7. The third-order valence-corrected chi connectivity index (χ3v) is 5.75. The van der Waals surface area contributed by atoms with Gasteiger partial charge in [-0.25, -0.2) is 0 Å². The maximum atomic E-state index is 13.1. The lowest BCUT2D eigenvalue weighted by atomic mass is 9.92. The Morgan fingerprint density at radius 3 is 2.35 bits per heavy atom. The number of carbonyl (C=O) groups excluding carboxylic acids is 1. The van der Waals surface area contributed by atoms with Crippen LogP contribution in [0.15, 0.2) is 30.3 Å². The molecule has 0 bridgehead atoms. The zero-order chi connectivity index (χ0) is 24.7. The van der Waals surface area contributed by atoms with Gasteiger partial charge in [-0.1, -0.05) is 6.07 Å². The van der Waals surface area contributed by atoms with Crippen molar-refractivity contribution in [2.24, 2.45) is 0 Å². The molecule has 0 spiro atoms. The fourth-order valence-electron chi connectivity index (χ4n) is 3.86. The van der Waals surface area contributed by atoms with Gasteiger partial charge in [-0.15, -0.1) is 0 Å². The van der Waals surface area contributed by atoms with Gasteiger partial charge in [-0.05, 0) is 17.7 Å². The van der Waals surface area contributed by atoms with Gasteiger partial charge in [0.25, 0.3) is 0 Å². The zero-order valence-electron chi connectivity index (χ0n) is 17.8. The Bertz CT molecular complexity index is 1070. The van der Waals surface area contributed by atoms with E-state index in [9.17, 15) is 40.5 Å². The first-order valence-electron chi connectivity index (χ1n) is 10.3. The van der Waals surface area contributed by atoms with Crippen molar-refractivity contribution in [3.63, 3.8) is 0 Å². The first-order valence-corrected chi connectivity index (χ1v) is 10.3. The van der Waals surface area contributed by atoms with Crippen LogP contribution in [0, 0.1) is 0 Å². The first kappa shape index (κ1) is 24.0. The molecule has 0 unspecified atom stereocenters. The summed E-state index contributed by atoms with van der Waals surface area (Å²) in [6.07, 6.45) is -10.9. The maximum absolute atomic E-state index is 13.1. The number of Topliss-reactive ketones (excluding diaryl/α,β-unsaturated/α-hetero) is 1. The third-order valence-electron chi connectivity index (χ3n) is 5.75. The van der Waals surface area contributed by atoms with Gasteiger partial charge in [0.15, 0.2) is 23.7 Å². The van der Waals surface area contributed by atoms with Crippen molar-refractivity contribution in [1.29, 1.82) is 0 Å². The van der Waals surface area contributed by atoms with E-state index in [1.807, 2.05) is 0 Å². The van der Waals surface area contributed by atoms with Gasteiger partial charge in [0.1, 0.15) is 47.2 Å².